The van der Waals surface area contributed by atoms with Crippen molar-refractivity contribution < 1.29 is 9.47 Å². The summed E-state index contributed by atoms with van der Waals surface area (Å²) in [4.78, 5) is 0. The second-order valence-electron chi connectivity index (χ2n) is 5.24. The molecule has 0 atom stereocenters. The van der Waals surface area contributed by atoms with Crippen molar-refractivity contribution in [2.45, 2.75) is 26.7 Å². The number of ether oxygens (including phenoxy) is 2. The molecule has 0 spiro atoms. The molecule has 112 valence electrons. The first-order chi connectivity index (χ1) is 10.1. The average Bonchev–Trinajstić information content (AvgIpc) is 2.48. The van der Waals surface area contributed by atoms with E-state index < -0.39 is 0 Å². The number of nitrogen functional groups attached to an aromatic ring is 1. The Morgan fingerprint density at radius 1 is 0.810 bits per heavy atom. The summed E-state index contributed by atoms with van der Waals surface area (Å²) in [5.74, 6) is 1.75. The van der Waals surface area contributed by atoms with Crippen LogP contribution in [0.3, 0.4) is 0 Å². The summed E-state index contributed by atoms with van der Waals surface area (Å²) in [7, 11) is 0. The van der Waals surface area contributed by atoms with Crippen LogP contribution < -0.4 is 15.2 Å². The highest BCUT2D eigenvalue weighted by atomic mass is 16.5. The minimum Gasteiger partial charge on any atom is -0.494 e. The van der Waals surface area contributed by atoms with Gasteiger partial charge in [0.15, 0.2) is 0 Å². The summed E-state index contributed by atoms with van der Waals surface area (Å²) >= 11 is 0. The first kappa shape index (κ1) is 15.2. The maximum Gasteiger partial charge on any atom is 0.121 e. The molecule has 0 aliphatic heterocycles. The minimum atomic E-state index is 0.680. The molecule has 3 heteroatoms. The fourth-order valence-corrected chi connectivity index (χ4v) is 1.93. The monoisotopic (exact) mass is 285 g/mol. The smallest absolute Gasteiger partial charge is 0.121 e. The number of anilines is 1. The lowest BCUT2D eigenvalue weighted by Crippen LogP contribution is -2.03. The molecule has 3 nitrogen and oxygen atoms in total. The highest BCUT2D eigenvalue weighted by Crippen LogP contribution is 2.19. The van der Waals surface area contributed by atoms with Crippen LogP contribution in [0.5, 0.6) is 11.5 Å². The summed E-state index contributed by atoms with van der Waals surface area (Å²) in [6.07, 6.45) is 1.93. The van der Waals surface area contributed by atoms with Crippen LogP contribution >= 0.6 is 0 Å². The predicted molar refractivity (Wildman–Crippen MR) is 87.0 cm³/mol. The van der Waals surface area contributed by atoms with Crippen LogP contribution in [0.2, 0.25) is 0 Å². The lowest BCUT2D eigenvalue weighted by molar-refractivity contribution is 0.266. The Kier molecular flexibility index (Phi) is 5.50. The van der Waals surface area contributed by atoms with Crippen LogP contribution in [-0.4, -0.2) is 13.2 Å². The van der Waals surface area contributed by atoms with Gasteiger partial charge in [-0.3, -0.25) is 0 Å². The van der Waals surface area contributed by atoms with Crippen LogP contribution in [-0.2, 0) is 0 Å². The van der Waals surface area contributed by atoms with E-state index in [4.69, 9.17) is 15.2 Å². The Labute approximate surface area is 126 Å². The van der Waals surface area contributed by atoms with Gasteiger partial charge >= 0.3 is 0 Å². The Balaban J connectivity index is 1.61. The lowest BCUT2D eigenvalue weighted by Gasteiger charge is -2.09. The molecule has 0 saturated heterocycles. The zero-order valence-electron chi connectivity index (χ0n) is 12.8. The first-order valence-electron chi connectivity index (χ1n) is 7.33. The zero-order chi connectivity index (χ0) is 15.1. The first-order valence-corrected chi connectivity index (χ1v) is 7.33. The number of nitrogens with two attached hydrogens (primary N) is 1. The van der Waals surface area contributed by atoms with Gasteiger partial charge < -0.3 is 15.2 Å². The normalized spacial score (nSPS) is 10.4. The zero-order valence-corrected chi connectivity index (χ0v) is 12.8. The van der Waals surface area contributed by atoms with Gasteiger partial charge in [0.05, 0.1) is 13.2 Å². The predicted octanol–water partition coefficient (Wildman–Crippen LogP) is 4.12. The van der Waals surface area contributed by atoms with Gasteiger partial charge in [0, 0.05) is 11.8 Å². The van der Waals surface area contributed by atoms with E-state index >= 15 is 0 Å². The average molecular weight is 285 g/mol. The van der Waals surface area contributed by atoms with E-state index in [1.807, 2.05) is 37.3 Å². The Morgan fingerprint density at radius 2 is 1.38 bits per heavy atom. The summed E-state index contributed by atoms with van der Waals surface area (Å²) < 4.78 is 11.3. The van der Waals surface area contributed by atoms with Gasteiger partial charge in [0.2, 0.25) is 0 Å². The van der Waals surface area contributed by atoms with Crippen LogP contribution in [0.25, 0.3) is 0 Å². The van der Waals surface area contributed by atoms with Gasteiger partial charge in [-0.05, 0) is 50.5 Å². The number of unbranched alkanes of at least 4 members (excludes halogenated alkanes) is 1. The van der Waals surface area contributed by atoms with Gasteiger partial charge in [-0.1, -0.05) is 23.8 Å². The second-order valence-corrected chi connectivity index (χ2v) is 5.24. The lowest BCUT2D eigenvalue weighted by atomic mass is 10.2. The SMILES string of the molecule is Cc1ccc(OCCCCOc2ccc(C)c(N)c2)cc1. The van der Waals surface area contributed by atoms with Crippen molar-refractivity contribution >= 4 is 5.69 Å². The van der Waals surface area contributed by atoms with Crippen molar-refractivity contribution in [3.8, 4) is 11.5 Å². The number of benzene rings is 2. The van der Waals surface area contributed by atoms with Gasteiger partial charge in [-0.15, -0.1) is 0 Å². The quantitative estimate of drug-likeness (QED) is 0.614. The molecule has 0 heterocycles. The van der Waals surface area contributed by atoms with E-state index in [0.717, 1.165) is 35.6 Å². The third kappa shape index (κ3) is 5.03. The maximum atomic E-state index is 5.85. The van der Waals surface area contributed by atoms with Crippen molar-refractivity contribution in [3.63, 3.8) is 0 Å². The third-order valence-corrected chi connectivity index (χ3v) is 3.35. The third-order valence-electron chi connectivity index (χ3n) is 3.35. The van der Waals surface area contributed by atoms with E-state index in [1.54, 1.807) is 0 Å². The van der Waals surface area contributed by atoms with E-state index in [9.17, 15) is 0 Å². The van der Waals surface area contributed by atoms with Crippen molar-refractivity contribution in [2.24, 2.45) is 0 Å². The summed E-state index contributed by atoms with van der Waals surface area (Å²) in [6.45, 7) is 5.45. The van der Waals surface area contributed by atoms with Gasteiger partial charge in [0.25, 0.3) is 0 Å². The largest absolute Gasteiger partial charge is 0.494 e. The topological polar surface area (TPSA) is 44.5 Å². The molecule has 2 N–H and O–H groups in total. The van der Waals surface area contributed by atoms with E-state index in [1.165, 1.54) is 5.56 Å². The van der Waals surface area contributed by atoms with Crippen molar-refractivity contribution in [3.05, 3.63) is 53.6 Å². The second kappa shape index (κ2) is 7.58. The molecule has 0 fully saturated rings. The van der Waals surface area contributed by atoms with Crippen molar-refractivity contribution in [2.75, 3.05) is 18.9 Å². The fraction of sp³-hybridized carbons (Fsp3) is 0.333. The molecular weight excluding hydrogens is 262 g/mol. The molecule has 0 aromatic heterocycles. The van der Waals surface area contributed by atoms with Gasteiger partial charge in [0.1, 0.15) is 11.5 Å². The van der Waals surface area contributed by atoms with E-state index in [2.05, 4.69) is 19.1 Å². The van der Waals surface area contributed by atoms with Crippen LogP contribution in [0, 0.1) is 13.8 Å². The molecule has 2 aromatic carbocycles. The summed E-state index contributed by atoms with van der Waals surface area (Å²) in [5, 5.41) is 0. The summed E-state index contributed by atoms with van der Waals surface area (Å²) in [5.41, 5.74) is 8.94. The molecule has 2 rings (SSSR count). The Morgan fingerprint density at radius 3 is 2.00 bits per heavy atom. The number of aryl methyl sites for hydroxylation is 2. The Bertz CT molecular complexity index is 564. The molecule has 0 bridgehead atoms. The molecule has 0 aliphatic carbocycles. The van der Waals surface area contributed by atoms with Crippen molar-refractivity contribution in [1.82, 2.24) is 0 Å². The van der Waals surface area contributed by atoms with Gasteiger partial charge in [-0.2, -0.15) is 0 Å². The standard InChI is InChI=1S/C18H23NO2/c1-14-5-8-16(9-6-14)20-11-3-4-12-21-17-10-7-15(2)18(19)13-17/h5-10,13H,3-4,11-12,19H2,1-2H3. The number of rotatable bonds is 7. The molecule has 0 saturated carbocycles. The van der Waals surface area contributed by atoms with Crippen LogP contribution in [0.1, 0.15) is 24.0 Å². The summed E-state index contributed by atoms with van der Waals surface area (Å²) in [6, 6.07) is 13.9. The number of hydrogen-bond donors (Lipinski definition) is 1. The molecule has 0 amide bonds. The molecule has 0 radical (unpaired) electrons. The fourth-order valence-electron chi connectivity index (χ4n) is 1.93. The highest BCUT2D eigenvalue weighted by Gasteiger charge is 1.98. The van der Waals surface area contributed by atoms with Crippen molar-refractivity contribution in [1.29, 1.82) is 0 Å². The highest BCUT2D eigenvalue weighted by molar-refractivity contribution is 5.50. The van der Waals surface area contributed by atoms with E-state index in [0.29, 0.717) is 13.2 Å². The Hall–Kier alpha value is -2.16. The van der Waals surface area contributed by atoms with Crippen LogP contribution in [0.15, 0.2) is 42.5 Å². The molecule has 0 aliphatic rings. The minimum absolute atomic E-state index is 0.680. The molecule has 0 unspecified atom stereocenters. The van der Waals surface area contributed by atoms with Crippen LogP contribution in [0.4, 0.5) is 5.69 Å². The van der Waals surface area contributed by atoms with E-state index in [-0.39, 0.29) is 0 Å². The maximum absolute atomic E-state index is 5.85. The number of hydrogen-bond acceptors (Lipinski definition) is 3. The molecule has 21 heavy (non-hydrogen) atoms. The molecular formula is C18H23NO2. The molecule has 2 aromatic rings. The van der Waals surface area contributed by atoms with Gasteiger partial charge in [-0.25, -0.2) is 0 Å².